The minimum absolute atomic E-state index is 0.0480. The molecule has 12 amide bonds. The van der Waals surface area contributed by atoms with Crippen LogP contribution in [0.3, 0.4) is 0 Å². The average Bonchev–Trinajstić information content (AvgIpc) is 1.76. The lowest BCUT2D eigenvalue weighted by atomic mass is 9.79. The average molecular weight is 1460 g/mol. The van der Waals surface area contributed by atoms with E-state index in [4.69, 9.17) is 16.3 Å². The summed E-state index contributed by atoms with van der Waals surface area (Å²) in [7, 11) is 9.82. The summed E-state index contributed by atoms with van der Waals surface area (Å²) in [6, 6.07) is -8.58. The predicted octanol–water partition coefficient (Wildman–Crippen LogP) is 6.02. The standard InChI is InChI=1S/C72H122ClF3N12O13/c1-19-46(8)61-68(99)84(14)39-59(92)82(12)40-60(93)85(15)55(36-48-24-29-50(73)30-25-48)67(98)83(13)38-56(89)78-52(31-26-47-22-27-49(28-23-47)72(74,75)76)66(97)86(16)54(35-44(4)5)64(95)81-71(32-20-21-33-71)69(100)87(17)53(34-43(2)3)63(94)77-51(41-101-42-57(90)80-70(9,10)11)37-58(91)88(18)62(45(6)7)65(96)79-61/h43-55,61-62H,19-42H2,1-18H3,(H,77,94)(H,78,89)(H,79,96)(H,80,90)(H,81,95)/t46-,47?,48?,49?,50?,51-,52-,53-,54-,55-,61-,62-/m0/s1. The van der Waals surface area contributed by atoms with Crippen molar-refractivity contribution in [1.82, 2.24) is 60.9 Å². The van der Waals surface area contributed by atoms with Gasteiger partial charge in [-0.1, -0.05) is 74.7 Å². The maximum Gasteiger partial charge on any atom is 0.391 e. The van der Waals surface area contributed by atoms with Gasteiger partial charge in [0, 0.05) is 66.7 Å². The Hall–Kier alpha value is -6.32. The van der Waals surface area contributed by atoms with Gasteiger partial charge in [-0.2, -0.15) is 13.2 Å². The van der Waals surface area contributed by atoms with Crippen LogP contribution in [-0.2, 0) is 62.3 Å². The van der Waals surface area contributed by atoms with E-state index in [0.717, 1.165) is 14.7 Å². The number of likely N-dealkylation sites (N-methyl/N-ethyl adjacent to an activating group) is 7. The van der Waals surface area contributed by atoms with Crippen molar-refractivity contribution in [2.45, 2.75) is 263 Å². The number of carbonyl (C=O) groups excluding carboxylic acids is 12. The summed E-state index contributed by atoms with van der Waals surface area (Å²) in [5.74, 6) is -11.2. The first-order valence-electron chi connectivity index (χ1n) is 36.5. The van der Waals surface area contributed by atoms with Gasteiger partial charge < -0.3 is 65.6 Å². The molecule has 5 N–H and O–H groups in total. The quantitative estimate of drug-likeness (QED) is 0.111. The number of hydrogen-bond donors (Lipinski definition) is 5. The molecule has 1 aliphatic heterocycles. The monoisotopic (exact) mass is 1450 g/mol. The van der Waals surface area contributed by atoms with E-state index in [1.807, 2.05) is 34.6 Å². The number of nitrogens with one attached hydrogen (secondary N) is 5. The molecule has 0 aromatic heterocycles. The Kier molecular flexibility index (Phi) is 33.6. The van der Waals surface area contributed by atoms with Crippen molar-refractivity contribution < 1.29 is 75.4 Å². The van der Waals surface area contributed by atoms with Gasteiger partial charge in [0.25, 0.3) is 0 Å². The topological polar surface area (TPSA) is 297 Å². The third-order valence-corrected chi connectivity index (χ3v) is 21.2. The van der Waals surface area contributed by atoms with Crippen molar-refractivity contribution >= 4 is 82.5 Å². The zero-order chi connectivity index (χ0) is 76.3. The summed E-state index contributed by atoms with van der Waals surface area (Å²) in [4.78, 5) is 184. The molecule has 0 unspecified atom stereocenters. The molecule has 8 atom stereocenters. The van der Waals surface area contributed by atoms with E-state index in [9.17, 15) is 51.5 Å². The van der Waals surface area contributed by atoms with Crippen molar-refractivity contribution in [2.24, 2.45) is 41.4 Å². The number of carbonyl (C=O) groups is 12. The van der Waals surface area contributed by atoms with Gasteiger partial charge in [0.05, 0.1) is 38.2 Å². The van der Waals surface area contributed by atoms with Gasteiger partial charge in [-0.05, 0) is 153 Å². The van der Waals surface area contributed by atoms with E-state index < -0.39 is 181 Å². The minimum atomic E-state index is -4.37. The fourth-order valence-electron chi connectivity index (χ4n) is 14.4. The number of rotatable bonds is 16. The Morgan fingerprint density at radius 1 is 0.604 bits per heavy atom. The number of halogens is 4. The highest BCUT2D eigenvalue weighted by atomic mass is 35.5. The summed E-state index contributed by atoms with van der Waals surface area (Å²) >= 11 is 6.51. The van der Waals surface area contributed by atoms with Gasteiger partial charge in [-0.3, -0.25) is 57.5 Å². The molecule has 4 aliphatic rings. The SMILES string of the molecule is CC[C@H](C)[C@@H]1NC(=O)[C@H](C(C)C)N(C)C(=O)C[C@@H](COCC(=O)NC(C)(C)C)NC(=O)[C@H](CC(C)C)N(C)C(=O)C2(CCCC2)NC(=O)[C@H](CC(C)C)N(C)C(=O)[C@H](CCC2CCC(C(F)(F)F)CC2)NC(=O)CN(C)C(=O)[C@H](CC2CCC(Cl)CC2)N(C)C(=O)CN(C)C(=O)CN(C)C1=O. The van der Waals surface area contributed by atoms with Gasteiger partial charge >= 0.3 is 6.18 Å². The Morgan fingerprint density at radius 3 is 1.68 bits per heavy atom. The molecule has 4 rings (SSSR count). The lowest BCUT2D eigenvalue weighted by molar-refractivity contribution is -0.184. The second-order valence-corrected chi connectivity index (χ2v) is 32.3. The summed E-state index contributed by atoms with van der Waals surface area (Å²) in [6.07, 6.45) is 0.213. The molecule has 3 aliphatic carbocycles. The minimum Gasteiger partial charge on any atom is -0.369 e. The highest BCUT2D eigenvalue weighted by Gasteiger charge is 2.49. The molecule has 0 aromatic rings. The molecule has 0 radical (unpaired) electrons. The molecule has 25 nitrogen and oxygen atoms in total. The highest BCUT2D eigenvalue weighted by Crippen LogP contribution is 2.41. The van der Waals surface area contributed by atoms with Crippen molar-refractivity contribution in [3.63, 3.8) is 0 Å². The largest absolute Gasteiger partial charge is 0.391 e. The van der Waals surface area contributed by atoms with Crippen molar-refractivity contribution in [3.05, 3.63) is 0 Å². The molecular weight excluding hydrogens is 1330 g/mol. The zero-order valence-corrected chi connectivity index (χ0v) is 64.3. The Balaban J connectivity index is 1.88. The molecule has 1 spiro atoms. The van der Waals surface area contributed by atoms with Gasteiger partial charge in [0.15, 0.2) is 0 Å². The molecule has 0 bridgehead atoms. The lowest BCUT2D eigenvalue weighted by Gasteiger charge is -2.39. The van der Waals surface area contributed by atoms with E-state index in [0.29, 0.717) is 44.9 Å². The summed E-state index contributed by atoms with van der Waals surface area (Å²) in [5.41, 5.74) is -2.22. The Bertz CT molecular complexity index is 2840. The predicted molar refractivity (Wildman–Crippen MR) is 378 cm³/mol. The fraction of sp³-hybridized carbons (Fsp3) is 0.833. The smallest absolute Gasteiger partial charge is 0.369 e. The molecular formula is C72H122ClF3N12O13. The molecule has 29 heteroatoms. The third kappa shape index (κ3) is 26.1. The van der Waals surface area contributed by atoms with Crippen LogP contribution in [0.25, 0.3) is 0 Å². The molecule has 576 valence electrons. The maximum atomic E-state index is 15.5. The van der Waals surface area contributed by atoms with E-state index in [1.54, 1.807) is 41.5 Å². The van der Waals surface area contributed by atoms with Crippen LogP contribution < -0.4 is 26.6 Å². The van der Waals surface area contributed by atoms with E-state index in [2.05, 4.69) is 26.6 Å². The van der Waals surface area contributed by atoms with E-state index in [1.165, 1.54) is 68.9 Å². The van der Waals surface area contributed by atoms with Crippen molar-refractivity contribution in [3.8, 4) is 0 Å². The number of amides is 12. The van der Waals surface area contributed by atoms with Gasteiger partial charge in [0.1, 0.15) is 48.4 Å². The molecule has 1 heterocycles. The van der Waals surface area contributed by atoms with Crippen molar-refractivity contribution in [1.29, 1.82) is 0 Å². The van der Waals surface area contributed by atoms with E-state index >= 15 is 19.2 Å². The fourth-order valence-corrected chi connectivity index (χ4v) is 14.7. The van der Waals surface area contributed by atoms with Crippen LogP contribution in [0, 0.1) is 41.4 Å². The van der Waals surface area contributed by atoms with Crippen LogP contribution in [0.1, 0.15) is 198 Å². The van der Waals surface area contributed by atoms with E-state index in [-0.39, 0.29) is 106 Å². The Morgan fingerprint density at radius 2 is 1.15 bits per heavy atom. The zero-order valence-electron chi connectivity index (χ0n) is 63.6. The highest BCUT2D eigenvalue weighted by molar-refractivity contribution is 6.20. The Labute approximate surface area is 603 Å². The second-order valence-electron chi connectivity index (χ2n) is 31.7. The summed E-state index contributed by atoms with van der Waals surface area (Å²) in [5, 5.41) is 14.4. The van der Waals surface area contributed by atoms with Crippen LogP contribution >= 0.6 is 11.6 Å². The molecule has 1 saturated heterocycles. The van der Waals surface area contributed by atoms with Crippen LogP contribution in [0.2, 0.25) is 0 Å². The molecule has 0 aromatic carbocycles. The van der Waals surface area contributed by atoms with Crippen LogP contribution in [0.4, 0.5) is 13.2 Å². The normalized spacial score (nSPS) is 28.1. The van der Waals surface area contributed by atoms with Crippen LogP contribution in [0.5, 0.6) is 0 Å². The maximum absolute atomic E-state index is 15.5. The summed E-state index contributed by atoms with van der Waals surface area (Å²) < 4.78 is 47.5. The van der Waals surface area contributed by atoms with Gasteiger partial charge in [-0.15, -0.1) is 11.6 Å². The second kappa shape index (κ2) is 39.0. The number of ether oxygens (including phenoxy) is 1. The number of alkyl halides is 4. The van der Waals surface area contributed by atoms with Crippen LogP contribution in [-0.4, -0.2) is 252 Å². The van der Waals surface area contributed by atoms with Gasteiger partial charge in [0.2, 0.25) is 70.9 Å². The number of hydrogen-bond acceptors (Lipinski definition) is 13. The van der Waals surface area contributed by atoms with Gasteiger partial charge in [-0.25, -0.2) is 0 Å². The molecule has 4 fully saturated rings. The first-order chi connectivity index (χ1) is 46.9. The van der Waals surface area contributed by atoms with Crippen molar-refractivity contribution in [2.75, 3.05) is 82.2 Å². The molecule has 3 saturated carbocycles. The third-order valence-electron chi connectivity index (χ3n) is 20.7. The first-order valence-corrected chi connectivity index (χ1v) is 37.0. The summed E-state index contributed by atoms with van der Waals surface area (Å²) in [6.45, 7) is 17.2. The number of nitrogens with zero attached hydrogens (tertiary/aromatic N) is 7. The lowest BCUT2D eigenvalue weighted by Crippen LogP contribution is -2.64. The molecule has 101 heavy (non-hydrogen) atoms. The first kappa shape index (κ1) is 87.1. The van der Waals surface area contributed by atoms with Crippen LogP contribution in [0.15, 0.2) is 0 Å².